The minimum Gasteiger partial charge on any atom is -0.494 e. The number of carbonyl (C=O) groups is 2. The molecule has 0 radical (unpaired) electrons. The molecule has 7 nitrogen and oxygen atoms in total. The third-order valence-electron chi connectivity index (χ3n) is 6.25. The second kappa shape index (κ2) is 10.1. The molecule has 0 saturated carbocycles. The first-order chi connectivity index (χ1) is 16.4. The maximum Gasteiger partial charge on any atom is 0.274 e. The lowest BCUT2D eigenvalue weighted by Crippen LogP contribution is -2.43. The second-order valence-electron chi connectivity index (χ2n) is 8.69. The van der Waals surface area contributed by atoms with E-state index in [9.17, 15) is 14.0 Å². The third-order valence-corrected chi connectivity index (χ3v) is 6.25. The lowest BCUT2D eigenvalue weighted by molar-refractivity contribution is -0.126. The molecule has 2 amide bonds. The van der Waals surface area contributed by atoms with E-state index in [0.717, 1.165) is 16.8 Å². The number of nitrogens with one attached hydrogen (secondary N) is 1. The molecule has 1 aromatic heterocycles. The molecule has 2 aromatic carbocycles. The highest BCUT2D eigenvalue weighted by Gasteiger charge is 2.28. The summed E-state index contributed by atoms with van der Waals surface area (Å²) in [5, 5.41) is 7.36. The van der Waals surface area contributed by atoms with E-state index in [1.165, 1.54) is 6.07 Å². The molecule has 0 atom stereocenters. The normalized spacial score (nSPS) is 14.2. The van der Waals surface area contributed by atoms with Crippen LogP contribution in [0.25, 0.3) is 5.69 Å². The SMILES string of the molecule is COc1ccc(C)cc1-n1ccc(C(=O)N2CCC(C(=O)NCc3ccc(C)c(F)c3)CC2)n1. The van der Waals surface area contributed by atoms with Crippen molar-refractivity contribution in [1.82, 2.24) is 20.0 Å². The molecule has 2 heterocycles. The summed E-state index contributed by atoms with van der Waals surface area (Å²) in [7, 11) is 1.60. The molecule has 1 saturated heterocycles. The first kappa shape index (κ1) is 23.5. The van der Waals surface area contributed by atoms with Crippen molar-refractivity contribution in [2.75, 3.05) is 20.2 Å². The Labute approximate surface area is 198 Å². The first-order valence-electron chi connectivity index (χ1n) is 11.4. The Morgan fingerprint density at radius 2 is 1.88 bits per heavy atom. The number of halogens is 1. The van der Waals surface area contributed by atoms with E-state index in [-0.39, 0.29) is 30.1 Å². The Morgan fingerprint density at radius 1 is 1.12 bits per heavy atom. The van der Waals surface area contributed by atoms with Gasteiger partial charge in [0.25, 0.3) is 5.91 Å². The van der Waals surface area contributed by atoms with Gasteiger partial charge in [0.15, 0.2) is 5.69 Å². The van der Waals surface area contributed by atoms with Crippen molar-refractivity contribution in [1.29, 1.82) is 0 Å². The highest BCUT2D eigenvalue weighted by atomic mass is 19.1. The van der Waals surface area contributed by atoms with E-state index < -0.39 is 0 Å². The number of likely N-dealkylation sites (tertiary alicyclic amines) is 1. The molecular formula is C26H29FN4O3. The van der Waals surface area contributed by atoms with Crippen molar-refractivity contribution in [3.63, 3.8) is 0 Å². The molecule has 8 heteroatoms. The van der Waals surface area contributed by atoms with Crippen molar-refractivity contribution < 1.29 is 18.7 Å². The van der Waals surface area contributed by atoms with Gasteiger partial charge in [0.05, 0.1) is 7.11 Å². The number of methoxy groups -OCH3 is 1. The molecule has 0 unspecified atom stereocenters. The van der Waals surface area contributed by atoms with E-state index in [2.05, 4.69) is 10.4 Å². The quantitative estimate of drug-likeness (QED) is 0.602. The van der Waals surface area contributed by atoms with Crippen LogP contribution in [-0.4, -0.2) is 46.7 Å². The Balaban J connectivity index is 1.33. The highest BCUT2D eigenvalue weighted by molar-refractivity contribution is 5.92. The van der Waals surface area contributed by atoms with Crippen molar-refractivity contribution in [2.24, 2.45) is 5.92 Å². The van der Waals surface area contributed by atoms with Crippen LogP contribution in [0.2, 0.25) is 0 Å². The van der Waals surface area contributed by atoms with Gasteiger partial charge < -0.3 is 15.0 Å². The number of nitrogens with zero attached hydrogens (tertiary/aromatic N) is 3. The zero-order chi connectivity index (χ0) is 24.2. The van der Waals surface area contributed by atoms with Gasteiger partial charge in [0, 0.05) is 31.7 Å². The molecule has 0 aliphatic carbocycles. The second-order valence-corrected chi connectivity index (χ2v) is 8.69. The average molecular weight is 465 g/mol. The summed E-state index contributed by atoms with van der Waals surface area (Å²) in [5.74, 6) is 0.00600. The van der Waals surface area contributed by atoms with Gasteiger partial charge in [-0.2, -0.15) is 5.10 Å². The number of hydrogen-bond donors (Lipinski definition) is 1. The standard InChI is InChI=1S/C26H29FN4O3/c1-17-4-7-24(34-3)23(14-17)31-13-10-22(29-31)26(33)30-11-8-20(9-12-30)25(32)28-16-19-6-5-18(2)21(27)15-19/h4-7,10,13-15,20H,8-9,11-12,16H2,1-3H3,(H,28,32). The van der Waals surface area contributed by atoms with Gasteiger partial charge >= 0.3 is 0 Å². The minimum atomic E-state index is -0.276. The Bertz CT molecular complexity index is 1200. The van der Waals surface area contributed by atoms with Crippen molar-refractivity contribution >= 4 is 11.8 Å². The smallest absolute Gasteiger partial charge is 0.274 e. The van der Waals surface area contributed by atoms with Gasteiger partial charge in [-0.05, 0) is 67.6 Å². The fourth-order valence-electron chi connectivity index (χ4n) is 4.14. The number of hydrogen-bond acceptors (Lipinski definition) is 4. The molecule has 0 bridgehead atoms. The molecule has 34 heavy (non-hydrogen) atoms. The first-order valence-corrected chi connectivity index (χ1v) is 11.4. The van der Waals surface area contributed by atoms with Crippen LogP contribution in [0, 0.1) is 25.6 Å². The number of piperidine rings is 1. The van der Waals surface area contributed by atoms with Gasteiger partial charge in [-0.1, -0.05) is 18.2 Å². The Morgan fingerprint density at radius 3 is 2.59 bits per heavy atom. The average Bonchev–Trinajstić information content (AvgIpc) is 3.34. The van der Waals surface area contributed by atoms with E-state index in [1.54, 1.807) is 41.9 Å². The van der Waals surface area contributed by atoms with Crippen LogP contribution in [-0.2, 0) is 11.3 Å². The summed E-state index contributed by atoms with van der Waals surface area (Å²) in [6, 6.07) is 12.4. The van der Waals surface area contributed by atoms with Gasteiger partial charge in [-0.3, -0.25) is 9.59 Å². The fraction of sp³-hybridized carbons (Fsp3) is 0.346. The summed E-state index contributed by atoms with van der Waals surface area (Å²) in [6.07, 6.45) is 2.90. The number of aromatic nitrogens is 2. The molecule has 1 aliphatic rings. The lowest BCUT2D eigenvalue weighted by atomic mass is 9.95. The number of aryl methyl sites for hydroxylation is 2. The fourth-order valence-corrected chi connectivity index (χ4v) is 4.14. The lowest BCUT2D eigenvalue weighted by Gasteiger charge is -2.30. The number of amides is 2. The van der Waals surface area contributed by atoms with Crippen LogP contribution in [0.1, 0.15) is 40.0 Å². The van der Waals surface area contributed by atoms with E-state index in [4.69, 9.17) is 4.74 Å². The van der Waals surface area contributed by atoms with Crippen molar-refractivity contribution in [3.05, 3.63) is 76.9 Å². The largest absolute Gasteiger partial charge is 0.494 e. The molecule has 1 N–H and O–H groups in total. The Kier molecular flexibility index (Phi) is 6.95. The van der Waals surface area contributed by atoms with Crippen LogP contribution >= 0.6 is 0 Å². The summed E-state index contributed by atoms with van der Waals surface area (Å²) < 4.78 is 20.8. The molecule has 1 fully saturated rings. The third kappa shape index (κ3) is 5.11. The van der Waals surface area contributed by atoms with Gasteiger partial charge in [0.2, 0.25) is 5.91 Å². The van der Waals surface area contributed by atoms with Crippen LogP contribution in [0.15, 0.2) is 48.7 Å². The van der Waals surface area contributed by atoms with Gasteiger partial charge in [-0.15, -0.1) is 0 Å². The Hall–Kier alpha value is -3.68. The van der Waals surface area contributed by atoms with E-state index in [1.807, 2.05) is 31.2 Å². The zero-order valence-corrected chi connectivity index (χ0v) is 19.7. The van der Waals surface area contributed by atoms with Crippen LogP contribution < -0.4 is 10.1 Å². The van der Waals surface area contributed by atoms with Crippen LogP contribution in [0.3, 0.4) is 0 Å². The van der Waals surface area contributed by atoms with Gasteiger partial charge in [-0.25, -0.2) is 9.07 Å². The molecular weight excluding hydrogens is 435 g/mol. The maximum atomic E-state index is 13.7. The molecule has 0 spiro atoms. The van der Waals surface area contributed by atoms with Crippen LogP contribution in [0.5, 0.6) is 5.75 Å². The highest BCUT2D eigenvalue weighted by Crippen LogP contribution is 2.24. The summed E-state index contributed by atoms with van der Waals surface area (Å²) in [6.45, 7) is 4.94. The number of benzene rings is 2. The number of carbonyl (C=O) groups excluding carboxylic acids is 2. The van der Waals surface area contributed by atoms with Crippen molar-refractivity contribution in [2.45, 2.75) is 33.2 Å². The van der Waals surface area contributed by atoms with E-state index in [0.29, 0.717) is 42.9 Å². The topological polar surface area (TPSA) is 76.5 Å². The monoisotopic (exact) mass is 464 g/mol. The van der Waals surface area contributed by atoms with Crippen molar-refractivity contribution in [3.8, 4) is 11.4 Å². The van der Waals surface area contributed by atoms with Crippen LogP contribution in [0.4, 0.5) is 4.39 Å². The predicted molar refractivity (Wildman–Crippen MR) is 126 cm³/mol. The number of rotatable bonds is 6. The summed E-state index contributed by atoms with van der Waals surface area (Å²) >= 11 is 0. The number of ether oxygens (including phenoxy) is 1. The minimum absolute atomic E-state index is 0.0658. The summed E-state index contributed by atoms with van der Waals surface area (Å²) in [4.78, 5) is 27.3. The summed E-state index contributed by atoms with van der Waals surface area (Å²) in [5.41, 5.74) is 3.49. The molecule has 1 aliphatic heterocycles. The maximum absolute atomic E-state index is 13.7. The van der Waals surface area contributed by atoms with Gasteiger partial charge in [0.1, 0.15) is 17.3 Å². The predicted octanol–water partition coefficient (Wildman–Crippen LogP) is 3.81. The zero-order valence-electron chi connectivity index (χ0n) is 19.7. The van der Waals surface area contributed by atoms with E-state index >= 15 is 0 Å². The molecule has 4 rings (SSSR count). The molecule has 3 aromatic rings. The molecule has 178 valence electrons.